The van der Waals surface area contributed by atoms with Crippen molar-refractivity contribution in [3.8, 4) is 0 Å². The van der Waals surface area contributed by atoms with Crippen molar-refractivity contribution in [2.75, 3.05) is 4.72 Å². The second kappa shape index (κ2) is 5.06. The average Bonchev–Trinajstić information content (AvgIpc) is 2.45. The lowest BCUT2D eigenvalue weighted by Gasteiger charge is -2.19. The van der Waals surface area contributed by atoms with Crippen molar-refractivity contribution in [2.45, 2.75) is 9.79 Å². The summed E-state index contributed by atoms with van der Waals surface area (Å²) < 4.78 is 41.4. The summed E-state index contributed by atoms with van der Waals surface area (Å²) >= 11 is -1.48. The number of hydrogen-bond acceptors (Lipinski definition) is 4. The van der Waals surface area contributed by atoms with E-state index >= 15 is 0 Å². The zero-order valence-corrected chi connectivity index (χ0v) is 12.3. The molecular formula is C13H11N3O3S2. The van der Waals surface area contributed by atoms with Gasteiger partial charge in [0.05, 0.1) is 11.3 Å². The lowest BCUT2D eigenvalue weighted by Crippen LogP contribution is -2.28. The van der Waals surface area contributed by atoms with Gasteiger partial charge in [-0.3, -0.25) is 4.72 Å². The summed E-state index contributed by atoms with van der Waals surface area (Å²) in [6.07, 6.45) is 0. The van der Waals surface area contributed by atoms with Gasteiger partial charge in [0.15, 0.2) is 15.6 Å². The zero-order chi connectivity index (χ0) is 15.0. The van der Waals surface area contributed by atoms with Gasteiger partial charge in [0, 0.05) is 11.2 Å². The van der Waals surface area contributed by atoms with Gasteiger partial charge in [-0.05, 0) is 24.3 Å². The molecule has 0 bridgehead atoms. The summed E-state index contributed by atoms with van der Waals surface area (Å²) in [7, 11) is -3.84. The Kier molecular flexibility index (Phi) is 3.36. The molecular weight excluding hydrogens is 310 g/mol. The molecule has 2 aromatic rings. The van der Waals surface area contributed by atoms with E-state index in [-0.39, 0.29) is 11.5 Å². The SMILES string of the molecule is NC1=NS(=O)(=O)Nc2cccc([S+]([O-])c3ccccc3)c21. The Balaban J connectivity index is 2.15. The highest BCUT2D eigenvalue weighted by atomic mass is 32.2. The van der Waals surface area contributed by atoms with Crippen molar-refractivity contribution in [3.05, 3.63) is 54.1 Å². The smallest absolute Gasteiger partial charge is 0.344 e. The van der Waals surface area contributed by atoms with Crippen LogP contribution in [-0.4, -0.2) is 18.8 Å². The van der Waals surface area contributed by atoms with E-state index < -0.39 is 21.4 Å². The zero-order valence-electron chi connectivity index (χ0n) is 10.7. The molecule has 1 heterocycles. The second-order valence-electron chi connectivity index (χ2n) is 4.31. The van der Waals surface area contributed by atoms with E-state index in [2.05, 4.69) is 9.12 Å². The lowest BCUT2D eigenvalue weighted by molar-refractivity contribution is 0.594. The van der Waals surface area contributed by atoms with Crippen LogP contribution in [0.1, 0.15) is 5.56 Å². The molecule has 0 spiro atoms. The van der Waals surface area contributed by atoms with Gasteiger partial charge in [-0.2, -0.15) is 8.42 Å². The van der Waals surface area contributed by atoms with Gasteiger partial charge in [-0.25, -0.2) is 0 Å². The van der Waals surface area contributed by atoms with Crippen LogP contribution in [0.2, 0.25) is 0 Å². The third-order valence-corrected chi connectivity index (χ3v) is 5.25. The van der Waals surface area contributed by atoms with Gasteiger partial charge in [-0.1, -0.05) is 24.3 Å². The predicted octanol–water partition coefficient (Wildman–Crippen LogP) is 1.23. The molecule has 0 aromatic heterocycles. The molecule has 0 aliphatic carbocycles. The Bertz CT molecular complexity index is 820. The molecule has 8 heteroatoms. The molecule has 3 rings (SSSR count). The molecule has 21 heavy (non-hydrogen) atoms. The fourth-order valence-electron chi connectivity index (χ4n) is 2.04. The van der Waals surface area contributed by atoms with Crippen LogP contribution in [0, 0.1) is 0 Å². The summed E-state index contributed by atoms with van der Waals surface area (Å²) in [4.78, 5) is 1.02. The highest BCUT2D eigenvalue weighted by Crippen LogP contribution is 2.31. The first-order valence-corrected chi connectivity index (χ1v) is 8.55. The summed E-state index contributed by atoms with van der Waals surface area (Å²) in [6.45, 7) is 0. The number of nitrogens with two attached hydrogens (primary N) is 1. The van der Waals surface area contributed by atoms with Crippen LogP contribution in [0.5, 0.6) is 0 Å². The Morgan fingerprint density at radius 1 is 1.10 bits per heavy atom. The molecule has 0 saturated heterocycles. The molecule has 1 aliphatic heterocycles. The van der Waals surface area contributed by atoms with Crippen molar-refractivity contribution >= 4 is 32.9 Å². The molecule has 3 N–H and O–H groups in total. The minimum absolute atomic E-state index is 0.163. The molecule has 1 atom stereocenters. The van der Waals surface area contributed by atoms with Crippen LogP contribution >= 0.6 is 0 Å². The van der Waals surface area contributed by atoms with E-state index in [1.54, 1.807) is 42.5 Å². The van der Waals surface area contributed by atoms with Crippen LogP contribution < -0.4 is 10.5 Å². The highest BCUT2D eigenvalue weighted by molar-refractivity contribution is 7.92. The third kappa shape index (κ3) is 2.60. The fraction of sp³-hybridized carbons (Fsp3) is 0. The van der Waals surface area contributed by atoms with Crippen LogP contribution in [-0.2, 0) is 21.4 Å². The van der Waals surface area contributed by atoms with Gasteiger partial charge in [0.25, 0.3) is 0 Å². The van der Waals surface area contributed by atoms with E-state index in [0.717, 1.165) is 0 Å². The number of rotatable bonds is 2. The molecule has 108 valence electrons. The Morgan fingerprint density at radius 3 is 2.52 bits per heavy atom. The van der Waals surface area contributed by atoms with E-state index in [4.69, 9.17) is 5.73 Å². The molecule has 0 saturated carbocycles. The summed E-state index contributed by atoms with van der Waals surface area (Å²) in [6, 6.07) is 13.7. The maximum absolute atomic E-state index is 12.6. The van der Waals surface area contributed by atoms with Crippen LogP contribution in [0.25, 0.3) is 0 Å². The fourth-order valence-corrected chi connectivity index (χ4v) is 4.15. The Morgan fingerprint density at radius 2 is 1.81 bits per heavy atom. The maximum atomic E-state index is 12.6. The van der Waals surface area contributed by atoms with Crippen molar-refractivity contribution in [2.24, 2.45) is 10.1 Å². The topological polar surface area (TPSA) is 108 Å². The summed E-state index contributed by atoms with van der Waals surface area (Å²) in [5.74, 6) is -0.163. The van der Waals surface area contributed by atoms with Gasteiger partial charge < -0.3 is 10.3 Å². The van der Waals surface area contributed by atoms with Gasteiger partial charge >= 0.3 is 10.2 Å². The molecule has 1 aliphatic rings. The van der Waals surface area contributed by atoms with E-state index in [9.17, 15) is 13.0 Å². The van der Waals surface area contributed by atoms with E-state index in [1.165, 1.54) is 0 Å². The van der Waals surface area contributed by atoms with Crippen LogP contribution in [0.3, 0.4) is 0 Å². The summed E-state index contributed by atoms with van der Waals surface area (Å²) in [5, 5.41) is 0. The molecule has 2 aromatic carbocycles. The quantitative estimate of drug-likeness (QED) is 0.811. The number of amidine groups is 1. The first-order valence-electron chi connectivity index (χ1n) is 5.96. The Hall–Kier alpha value is -2.03. The minimum atomic E-state index is -3.84. The van der Waals surface area contributed by atoms with Gasteiger partial charge in [-0.15, -0.1) is 4.40 Å². The van der Waals surface area contributed by atoms with E-state index in [0.29, 0.717) is 15.4 Å². The predicted molar refractivity (Wildman–Crippen MR) is 80.8 cm³/mol. The van der Waals surface area contributed by atoms with Gasteiger partial charge in [0.2, 0.25) is 0 Å². The number of nitrogens with zero attached hydrogens (tertiary/aromatic N) is 1. The van der Waals surface area contributed by atoms with Crippen molar-refractivity contribution in [3.63, 3.8) is 0 Å². The monoisotopic (exact) mass is 321 g/mol. The number of anilines is 1. The minimum Gasteiger partial charge on any atom is -0.606 e. The number of benzene rings is 2. The van der Waals surface area contributed by atoms with Crippen molar-refractivity contribution in [1.82, 2.24) is 0 Å². The van der Waals surface area contributed by atoms with Crippen molar-refractivity contribution in [1.29, 1.82) is 0 Å². The molecule has 0 amide bonds. The van der Waals surface area contributed by atoms with Crippen LogP contribution in [0.4, 0.5) is 5.69 Å². The van der Waals surface area contributed by atoms with Gasteiger partial charge in [0.1, 0.15) is 0 Å². The molecule has 0 radical (unpaired) electrons. The maximum Gasteiger partial charge on any atom is 0.344 e. The molecule has 1 unspecified atom stereocenters. The first-order chi connectivity index (χ1) is 9.98. The largest absolute Gasteiger partial charge is 0.606 e. The second-order valence-corrected chi connectivity index (χ2v) is 7.10. The standard InChI is InChI=1S/C13H11N3O3S2/c14-13-12-10(15-21(18,19)16-13)7-4-8-11(12)20(17)9-5-2-1-3-6-9/h1-8,15H,(H2,14,16). The van der Waals surface area contributed by atoms with Crippen LogP contribution in [0.15, 0.2) is 62.7 Å². The normalized spacial score (nSPS) is 17.3. The third-order valence-electron chi connectivity index (χ3n) is 2.90. The Labute approximate surface area is 125 Å². The lowest BCUT2D eigenvalue weighted by atomic mass is 10.1. The average molecular weight is 321 g/mol. The highest BCUT2D eigenvalue weighted by Gasteiger charge is 2.29. The number of fused-ring (bicyclic) bond motifs is 1. The van der Waals surface area contributed by atoms with Crippen molar-refractivity contribution < 1.29 is 13.0 Å². The van der Waals surface area contributed by atoms with E-state index in [1.807, 2.05) is 6.07 Å². The summed E-state index contributed by atoms with van der Waals surface area (Å²) in [5.41, 5.74) is 6.37. The number of nitrogens with one attached hydrogen (secondary N) is 1. The first kappa shape index (κ1) is 13.9. The number of hydrogen-bond donors (Lipinski definition) is 2. The molecule has 0 fully saturated rings. The molecule has 6 nitrogen and oxygen atoms in total.